The van der Waals surface area contributed by atoms with Crippen molar-refractivity contribution in [3.8, 4) is 0 Å². The van der Waals surface area contributed by atoms with E-state index < -0.39 is 48.9 Å². The Morgan fingerprint density at radius 1 is 1.23 bits per heavy atom. The van der Waals surface area contributed by atoms with Crippen molar-refractivity contribution in [2.75, 3.05) is 13.1 Å². The fourth-order valence-electron chi connectivity index (χ4n) is 4.18. The van der Waals surface area contributed by atoms with Crippen molar-refractivity contribution in [2.45, 2.75) is 49.9 Å². The van der Waals surface area contributed by atoms with E-state index in [1.807, 2.05) is 0 Å². The summed E-state index contributed by atoms with van der Waals surface area (Å²) in [5, 5.41) is 0. The Balaban J connectivity index is 1.72. The van der Waals surface area contributed by atoms with Gasteiger partial charge in [0.15, 0.2) is 17.1 Å². The monoisotopic (exact) mass is 528 g/mol. The lowest BCUT2D eigenvalue weighted by Gasteiger charge is -2.45. The highest BCUT2D eigenvalue weighted by Gasteiger charge is 2.50. The van der Waals surface area contributed by atoms with Crippen LogP contribution in [0, 0.1) is 5.82 Å². The summed E-state index contributed by atoms with van der Waals surface area (Å²) in [6.45, 7) is 6.19. The molecule has 0 saturated carbocycles. The summed E-state index contributed by atoms with van der Waals surface area (Å²) in [4.78, 5) is 25.6. The van der Waals surface area contributed by atoms with Crippen molar-refractivity contribution in [3.63, 3.8) is 0 Å². The van der Waals surface area contributed by atoms with Gasteiger partial charge >= 0.3 is 11.8 Å². The van der Waals surface area contributed by atoms with E-state index in [0.29, 0.717) is 11.6 Å². The second kappa shape index (κ2) is 8.34. The van der Waals surface area contributed by atoms with E-state index >= 15 is 4.39 Å². The molecule has 2 aromatic carbocycles. The van der Waals surface area contributed by atoms with Crippen molar-refractivity contribution in [1.29, 1.82) is 0 Å². The van der Waals surface area contributed by atoms with Gasteiger partial charge in [0.25, 0.3) is 9.05 Å². The molecule has 1 saturated heterocycles. The van der Waals surface area contributed by atoms with Gasteiger partial charge in [0.05, 0.1) is 24.0 Å². The molecule has 8 nitrogen and oxygen atoms in total. The third-order valence-corrected chi connectivity index (χ3v) is 7.07. The molecular formula is C23H23ClF2N2O6S. The summed E-state index contributed by atoms with van der Waals surface area (Å²) >= 11 is 0. The van der Waals surface area contributed by atoms with Gasteiger partial charge in [-0.1, -0.05) is 24.3 Å². The van der Waals surface area contributed by atoms with E-state index in [9.17, 15) is 22.4 Å². The second-order valence-electron chi connectivity index (χ2n) is 9.49. The van der Waals surface area contributed by atoms with E-state index in [0.717, 1.165) is 10.6 Å². The minimum absolute atomic E-state index is 0.230. The maximum absolute atomic E-state index is 15.9. The number of nitrogens with zero attached hydrogens (tertiary/aromatic N) is 2. The molecule has 1 fully saturated rings. The molecule has 4 rings (SSSR count). The number of aromatic nitrogens is 1. The highest BCUT2D eigenvalue weighted by Crippen LogP contribution is 2.41. The molecule has 1 atom stereocenters. The number of benzene rings is 2. The third-order valence-electron chi connectivity index (χ3n) is 5.73. The molecule has 3 aromatic rings. The summed E-state index contributed by atoms with van der Waals surface area (Å²) in [5.41, 5.74) is -2.63. The first-order valence-corrected chi connectivity index (χ1v) is 13.0. The minimum atomic E-state index is -4.27. The summed E-state index contributed by atoms with van der Waals surface area (Å²) in [6, 6.07) is 7.16. The maximum atomic E-state index is 15.9. The van der Waals surface area contributed by atoms with Gasteiger partial charge < -0.3 is 14.1 Å². The molecule has 0 spiro atoms. The highest BCUT2D eigenvalue weighted by molar-refractivity contribution is 8.13. The number of halogens is 3. The van der Waals surface area contributed by atoms with Gasteiger partial charge in [-0.05, 0) is 44.9 Å². The van der Waals surface area contributed by atoms with E-state index in [-0.39, 0.29) is 29.8 Å². The van der Waals surface area contributed by atoms with E-state index in [2.05, 4.69) is 0 Å². The van der Waals surface area contributed by atoms with E-state index in [4.69, 9.17) is 19.8 Å². The molecule has 35 heavy (non-hydrogen) atoms. The zero-order valence-electron chi connectivity index (χ0n) is 19.3. The Morgan fingerprint density at radius 3 is 2.46 bits per heavy atom. The second-order valence-corrected chi connectivity index (χ2v) is 12.1. The Hall–Kier alpha value is -2.92. The first kappa shape index (κ1) is 25.2. The zero-order chi connectivity index (χ0) is 25.9. The summed E-state index contributed by atoms with van der Waals surface area (Å²) < 4.78 is 65.5. The highest BCUT2D eigenvalue weighted by atomic mass is 35.7. The van der Waals surface area contributed by atoms with Gasteiger partial charge in [-0.15, -0.1) is 0 Å². The smallest absolute Gasteiger partial charge is 0.420 e. The number of amides is 1. The lowest BCUT2D eigenvalue weighted by Crippen LogP contribution is -2.60. The van der Waals surface area contributed by atoms with Crippen molar-refractivity contribution in [1.82, 2.24) is 9.47 Å². The average Bonchev–Trinajstić information content (AvgIpc) is 3.05. The van der Waals surface area contributed by atoms with Crippen molar-refractivity contribution < 1.29 is 31.1 Å². The van der Waals surface area contributed by atoms with Crippen LogP contribution in [-0.4, -0.2) is 42.7 Å². The Bertz CT molecular complexity index is 1490. The number of oxazole rings is 1. The van der Waals surface area contributed by atoms with Crippen LogP contribution in [0.5, 0.6) is 0 Å². The first-order valence-electron chi connectivity index (χ1n) is 10.7. The van der Waals surface area contributed by atoms with Crippen LogP contribution in [0.4, 0.5) is 13.6 Å². The number of likely N-dealkylation sites (tertiary alicyclic amines) is 1. The van der Waals surface area contributed by atoms with Crippen LogP contribution < -0.4 is 5.76 Å². The molecule has 0 N–H and O–H groups in total. The van der Waals surface area contributed by atoms with Crippen LogP contribution in [0.1, 0.15) is 44.9 Å². The van der Waals surface area contributed by atoms with Crippen LogP contribution in [0.15, 0.2) is 50.5 Å². The largest absolute Gasteiger partial charge is 0.444 e. The number of alkyl halides is 1. The van der Waals surface area contributed by atoms with Gasteiger partial charge in [0.1, 0.15) is 11.1 Å². The predicted molar refractivity (Wildman–Crippen MR) is 124 cm³/mol. The lowest BCUT2D eigenvalue weighted by molar-refractivity contribution is -0.0542. The van der Waals surface area contributed by atoms with Crippen molar-refractivity contribution in [2.24, 2.45) is 0 Å². The molecule has 1 aromatic heterocycles. The summed E-state index contributed by atoms with van der Waals surface area (Å²) in [7, 11) is 1.03. The van der Waals surface area contributed by atoms with E-state index in [1.165, 1.54) is 4.90 Å². The Kier molecular flexibility index (Phi) is 6.00. The Labute approximate surface area is 204 Å². The van der Waals surface area contributed by atoms with Crippen molar-refractivity contribution >= 4 is 36.9 Å². The number of hydrogen-bond donors (Lipinski definition) is 0. The Morgan fingerprint density at radius 2 is 1.86 bits per heavy atom. The van der Waals surface area contributed by atoms with Gasteiger partial charge in [0, 0.05) is 16.7 Å². The summed E-state index contributed by atoms with van der Waals surface area (Å²) in [5.74, 6) is -1.99. The third kappa shape index (κ3) is 4.66. The number of rotatable bonds is 4. The molecular weight excluding hydrogens is 506 g/mol. The van der Waals surface area contributed by atoms with Gasteiger partial charge in [0.2, 0.25) is 0 Å². The normalized spacial score (nSPS) is 16.7. The number of carbonyl (C=O) groups excluding carboxylic acids is 1. The molecule has 2 heterocycles. The molecule has 0 bridgehead atoms. The molecule has 1 amide bonds. The molecule has 188 valence electrons. The molecule has 12 heteroatoms. The van der Waals surface area contributed by atoms with Gasteiger partial charge in [-0.2, -0.15) is 0 Å². The fraction of sp³-hybridized carbons (Fsp3) is 0.391. The molecule has 1 aliphatic rings. The topological polar surface area (TPSA) is 98.8 Å². The predicted octanol–water partition coefficient (Wildman–Crippen LogP) is 4.69. The maximum Gasteiger partial charge on any atom is 0.420 e. The van der Waals surface area contributed by atoms with Crippen LogP contribution >= 0.6 is 10.7 Å². The number of hydrogen-bond acceptors (Lipinski definition) is 6. The summed E-state index contributed by atoms with van der Waals surface area (Å²) in [6.07, 6.45) is -0.638. The standard InChI is InChI=1S/C23H23ClF2N2O6S/c1-13(28-19-17(25)9-14(35(24,31)32)10-18(19)33-21(28)30)15-7-5-6-8-16(15)23(26)11-27(12-23)20(29)34-22(2,3)4/h5-10,13H,11-12H2,1-4H3. The number of carbonyl (C=O) groups is 1. The van der Waals surface area contributed by atoms with Crippen LogP contribution in [-0.2, 0) is 19.5 Å². The molecule has 0 aliphatic carbocycles. The van der Waals surface area contributed by atoms with E-state index in [1.54, 1.807) is 52.0 Å². The average molecular weight is 529 g/mol. The van der Waals surface area contributed by atoms with Crippen LogP contribution in [0.2, 0.25) is 0 Å². The first-order chi connectivity index (χ1) is 16.1. The van der Waals surface area contributed by atoms with Crippen molar-refractivity contribution in [3.05, 3.63) is 63.9 Å². The quantitative estimate of drug-likeness (QED) is 0.456. The van der Waals surface area contributed by atoms with Crippen LogP contribution in [0.3, 0.4) is 0 Å². The molecule has 1 aliphatic heterocycles. The molecule has 1 unspecified atom stereocenters. The number of ether oxygens (including phenoxy) is 1. The number of fused-ring (bicyclic) bond motifs is 1. The fourth-order valence-corrected chi connectivity index (χ4v) is 4.94. The molecule has 0 radical (unpaired) electrons. The van der Waals surface area contributed by atoms with Gasteiger partial charge in [-0.3, -0.25) is 4.57 Å². The van der Waals surface area contributed by atoms with Crippen LogP contribution in [0.25, 0.3) is 11.1 Å². The minimum Gasteiger partial charge on any atom is -0.444 e. The SMILES string of the molecule is CC(c1ccccc1C1(F)CN(C(=O)OC(C)(C)C)C1)n1c(=O)oc2cc(S(=O)(=O)Cl)cc(F)c21. The van der Waals surface area contributed by atoms with Gasteiger partial charge in [-0.25, -0.2) is 26.8 Å². The lowest BCUT2D eigenvalue weighted by atomic mass is 9.83. The zero-order valence-corrected chi connectivity index (χ0v) is 20.9.